The highest BCUT2D eigenvalue weighted by molar-refractivity contribution is 5.65. The molecule has 0 aliphatic carbocycles. The maximum absolute atomic E-state index is 13.0. The molecule has 1 aliphatic heterocycles. The summed E-state index contributed by atoms with van der Waals surface area (Å²) < 4.78 is 18.2. The number of anilines is 2. The molecule has 2 heterocycles. The summed E-state index contributed by atoms with van der Waals surface area (Å²) in [6, 6.07) is 1.46. The Morgan fingerprint density at radius 2 is 2.20 bits per heavy atom. The zero-order chi connectivity index (χ0) is 10.7. The summed E-state index contributed by atoms with van der Waals surface area (Å²) in [4.78, 5) is 6.20. The standard InChI is InChI=1S/C10H14FN3O/c1-12-9-6-8(11)7-13-10(9)14-2-4-15-5-3-14/h6-7,12H,2-5H2,1H3. The molecule has 1 fully saturated rings. The number of ether oxygens (including phenoxy) is 1. The fourth-order valence-electron chi connectivity index (χ4n) is 1.64. The molecule has 0 atom stereocenters. The third-order valence-electron chi connectivity index (χ3n) is 2.41. The number of hydrogen-bond donors (Lipinski definition) is 1. The first kappa shape index (κ1) is 10.2. The molecule has 0 radical (unpaired) electrons. The highest BCUT2D eigenvalue weighted by Crippen LogP contribution is 2.23. The number of morpholine rings is 1. The van der Waals surface area contributed by atoms with Gasteiger partial charge in [-0.25, -0.2) is 9.37 Å². The van der Waals surface area contributed by atoms with Crippen molar-refractivity contribution in [3.63, 3.8) is 0 Å². The van der Waals surface area contributed by atoms with Crippen LogP contribution in [-0.4, -0.2) is 38.3 Å². The first-order valence-corrected chi connectivity index (χ1v) is 4.97. The Morgan fingerprint density at radius 3 is 2.87 bits per heavy atom. The normalized spacial score (nSPS) is 16.5. The number of pyridine rings is 1. The SMILES string of the molecule is CNc1cc(F)cnc1N1CCOCC1. The molecule has 0 bridgehead atoms. The fourth-order valence-corrected chi connectivity index (χ4v) is 1.64. The van der Waals surface area contributed by atoms with Crippen LogP contribution in [0, 0.1) is 5.82 Å². The zero-order valence-electron chi connectivity index (χ0n) is 8.66. The molecule has 1 N–H and O–H groups in total. The summed E-state index contributed by atoms with van der Waals surface area (Å²) in [6.45, 7) is 2.99. The van der Waals surface area contributed by atoms with Crippen LogP contribution in [0.4, 0.5) is 15.9 Å². The van der Waals surface area contributed by atoms with Gasteiger partial charge in [-0.05, 0) is 0 Å². The third-order valence-corrected chi connectivity index (χ3v) is 2.41. The van der Waals surface area contributed by atoms with Gasteiger partial charge in [0.25, 0.3) is 0 Å². The fraction of sp³-hybridized carbons (Fsp3) is 0.500. The summed E-state index contributed by atoms with van der Waals surface area (Å²) in [5.41, 5.74) is 0.719. The lowest BCUT2D eigenvalue weighted by Gasteiger charge is -2.29. The Labute approximate surface area is 88.1 Å². The molecule has 4 nitrogen and oxygen atoms in total. The number of nitrogens with zero attached hydrogens (tertiary/aromatic N) is 2. The summed E-state index contributed by atoms with van der Waals surface area (Å²) in [5.74, 6) is 0.471. The number of aromatic nitrogens is 1. The highest BCUT2D eigenvalue weighted by Gasteiger charge is 2.15. The lowest BCUT2D eigenvalue weighted by atomic mass is 10.3. The van der Waals surface area contributed by atoms with E-state index in [1.807, 2.05) is 0 Å². The molecule has 15 heavy (non-hydrogen) atoms. The number of hydrogen-bond acceptors (Lipinski definition) is 4. The van der Waals surface area contributed by atoms with Crippen LogP contribution < -0.4 is 10.2 Å². The van der Waals surface area contributed by atoms with E-state index < -0.39 is 0 Å². The van der Waals surface area contributed by atoms with Crippen molar-refractivity contribution in [3.05, 3.63) is 18.1 Å². The minimum absolute atomic E-state index is 0.323. The van der Waals surface area contributed by atoms with Gasteiger partial charge in [-0.15, -0.1) is 0 Å². The van der Waals surface area contributed by atoms with Gasteiger partial charge < -0.3 is 15.0 Å². The molecule has 1 aliphatic rings. The predicted molar refractivity (Wildman–Crippen MR) is 56.8 cm³/mol. The minimum Gasteiger partial charge on any atom is -0.385 e. The van der Waals surface area contributed by atoms with Crippen LogP contribution >= 0.6 is 0 Å². The topological polar surface area (TPSA) is 37.4 Å². The van der Waals surface area contributed by atoms with E-state index in [0.29, 0.717) is 13.2 Å². The van der Waals surface area contributed by atoms with E-state index in [0.717, 1.165) is 24.6 Å². The second kappa shape index (κ2) is 4.44. The van der Waals surface area contributed by atoms with E-state index in [9.17, 15) is 4.39 Å². The van der Waals surface area contributed by atoms with Crippen molar-refractivity contribution >= 4 is 11.5 Å². The van der Waals surface area contributed by atoms with Gasteiger partial charge in [0.05, 0.1) is 25.1 Å². The molecule has 2 rings (SSSR count). The Kier molecular flexibility index (Phi) is 3.01. The van der Waals surface area contributed by atoms with Crippen LogP contribution in [0.25, 0.3) is 0 Å². The van der Waals surface area contributed by atoms with Gasteiger partial charge in [0, 0.05) is 26.2 Å². The van der Waals surface area contributed by atoms with Crippen molar-refractivity contribution in [3.8, 4) is 0 Å². The maximum Gasteiger partial charge on any atom is 0.152 e. The number of nitrogens with one attached hydrogen (secondary N) is 1. The Hall–Kier alpha value is -1.36. The van der Waals surface area contributed by atoms with Crippen molar-refractivity contribution in [1.82, 2.24) is 4.98 Å². The van der Waals surface area contributed by atoms with E-state index >= 15 is 0 Å². The van der Waals surface area contributed by atoms with Gasteiger partial charge in [0.2, 0.25) is 0 Å². The molecule has 5 heteroatoms. The van der Waals surface area contributed by atoms with Crippen LogP contribution in [0.2, 0.25) is 0 Å². The van der Waals surface area contributed by atoms with Gasteiger partial charge >= 0.3 is 0 Å². The molecule has 82 valence electrons. The first-order chi connectivity index (χ1) is 7.31. The molecule has 0 saturated carbocycles. The van der Waals surface area contributed by atoms with Gasteiger partial charge in [0.15, 0.2) is 5.82 Å². The van der Waals surface area contributed by atoms with Gasteiger partial charge in [-0.2, -0.15) is 0 Å². The Balaban J connectivity index is 2.25. The van der Waals surface area contributed by atoms with Crippen molar-refractivity contribution < 1.29 is 9.13 Å². The van der Waals surface area contributed by atoms with Crippen LogP contribution in [0.5, 0.6) is 0 Å². The molecular formula is C10H14FN3O. The lowest BCUT2D eigenvalue weighted by molar-refractivity contribution is 0.122. The van der Waals surface area contributed by atoms with E-state index in [2.05, 4.69) is 15.2 Å². The van der Waals surface area contributed by atoms with Crippen LogP contribution in [-0.2, 0) is 4.74 Å². The van der Waals surface area contributed by atoms with Crippen LogP contribution in [0.15, 0.2) is 12.3 Å². The Bertz CT molecular complexity index is 339. The smallest absolute Gasteiger partial charge is 0.152 e. The van der Waals surface area contributed by atoms with Crippen molar-refractivity contribution in [1.29, 1.82) is 0 Å². The minimum atomic E-state index is -0.323. The summed E-state index contributed by atoms with van der Waals surface area (Å²) in [6.07, 6.45) is 1.24. The average Bonchev–Trinajstić information content (AvgIpc) is 2.30. The van der Waals surface area contributed by atoms with Crippen molar-refractivity contribution in [2.45, 2.75) is 0 Å². The first-order valence-electron chi connectivity index (χ1n) is 4.97. The zero-order valence-corrected chi connectivity index (χ0v) is 8.66. The molecule has 1 aromatic rings. The van der Waals surface area contributed by atoms with Crippen molar-refractivity contribution in [2.75, 3.05) is 43.6 Å². The second-order valence-electron chi connectivity index (χ2n) is 3.37. The summed E-state index contributed by atoms with van der Waals surface area (Å²) in [5, 5.41) is 2.95. The molecule has 0 unspecified atom stereocenters. The van der Waals surface area contributed by atoms with E-state index in [4.69, 9.17) is 4.74 Å². The number of rotatable bonds is 2. The van der Waals surface area contributed by atoms with E-state index in [1.54, 1.807) is 7.05 Å². The van der Waals surface area contributed by atoms with Gasteiger partial charge in [-0.3, -0.25) is 0 Å². The predicted octanol–water partition coefficient (Wildman–Crippen LogP) is 1.10. The molecular weight excluding hydrogens is 197 g/mol. The van der Waals surface area contributed by atoms with Gasteiger partial charge in [-0.1, -0.05) is 0 Å². The van der Waals surface area contributed by atoms with Crippen LogP contribution in [0.1, 0.15) is 0 Å². The van der Waals surface area contributed by atoms with Crippen LogP contribution in [0.3, 0.4) is 0 Å². The second-order valence-corrected chi connectivity index (χ2v) is 3.37. The maximum atomic E-state index is 13.0. The summed E-state index contributed by atoms with van der Waals surface area (Å²) >= 11 is 0. The molecule has 1 saturated heterocycles. The molecule has 1 aromatic heterocycles. The summed E-state index contributed by atoms with van der Waals surface area (Å²) in [7, 11) is 1.76. The monoisotopic (exact) mass is 211 g/mol. The quantitative estimate of drug-likeness (QED) is 0.794. The molecule has 0 spiro atoms. The highest BCUT2D eigenvalue weighted by atomic mass is 19.1. The van der Waals surface area contributed by atoms with Gasteiger partial charge in [0.1, 0.15) is 5.82 Å². The number of halogens is 1. The van der Waals surface area contributed by atoms with Crippen molar-refractivity contribution in [2.24, 2.45) is 0 Å². The lowest BCUT2D eigenvalue weighted by Crippen LogP contribution is -2.37. The third kappa shape index (κ3) is 2.18. The van der Waals surface area contributed by atoms with E-state index in [1.165, 1.54) is 12.3 Å². The molecule has 0 amide bonds. The average molecular weight is 211 g/mol. The largest absolute Gasteiger partial charge is 0.385 e. The molecule has 0 aromatic carbocycles. The Morgan fingerprint density at radius 1 is 1.47 bits per heavy atom. The van der Waals surface area contributed by atoms with E-state index in [-0.39, 0.29) is 5.82 Å².